The molecule has 8 nitrogen and oxygen atoms in total. The van der Waals surface area contributed by atoms with E-state index in [1.807, 2.05) is 19.2 Å². The molecule has 0 saturated carbocycles. The summed E-state index contributed by atoms with van der Waals surface area (Å²) in [6, 6.07) is 4.99. The first-order valence-corrected chi connectivity index (χ1v) is 11.6. The van der Waals surface area contributed by atoms with E-state index in [0.29, 0.717) is 39.2 Å². The van der Waals surface area contributed by atoms with Gasteiger partial charge in [-0.15, -0.1) is 0 Å². The third kappa shape index (κ3) is 4.21. The van der Waals surface area contributed by atoms with E-state index < -0.39 is 12.0 Å². The first-order chi connectivity index (χ1) is 16.5. The van der Waals surface area contributed by atoms with Gasteiger partial charge in [-0.3, -0.25) is 4.79 Å². The minimum Gasteiger partial charge on any atom is -0.487 e. The zero-order chi connectivity index (χ0) is 25.1. The van der Waals surface area contributed by atoms with Crippen LogP contribution in [-0.2, 0) is 4.79 Å². The fraction of sp³-hybridized carbons (Fsp3) is 0.304. The summed E-state index contributed by atoms with van der Waals surface area (Å²) in [5.74, 6) is -0.727. The van der Waals surface area contributed by atoms with Gasteiger partial charge in [0.1, 0.15) is 17.5 Å². The molecule has 2 atom stereocenters. The van der Waals surface area contributed by atoms with Crippen molar-refractivity contribution >= 4 is 46.4 Å². The quantitative estimate of drug-likeness (QED) is 0.349. The van der Waals surface area contributed by atoms with Crippen molar-refractivity contribution in [2.75, 3.05) is 13.6 Å². The van der Waals surface area contributed by atoms with Crippen molar-refractivity contribution < 1.29 is 15.4 Å². The van der Waals surface area contributed by atoms with Gasteiger partial charge in [0.2, 0.25) is 11.7 Å². The van der Waals surface area contributed by atoms with Crippen LogP contribution in [0.2, 0.25) is 15.1 Å². The van der Waals surface area contributed by atoms with Crippen molar-refractivity contribution in [1.82, 2.24) is 24.4 Å². The van der Waals surface area contributed by atoms with Crippen LogP contribution in [0, 0.1) is 12.8 Å². The van der Waals surface area contributed by atoms with Gasteiger partial charge in [0, 0.05) is 38.3 Å². The SMILES string of the molecule is [2H]C1(C)C[C@@H](Oc2cc(Cl)c(-c3noc(-c4cn5cc(C)cc(Cl)c5n4)n3)cc2Cl)CN(C)C1=O. The normalized spacial score (nSPS) is 21.2. The van der Waals surface area contributed by atoms with Crippen LogP contribution in [0.25, 0.3) is 28.6 Å². The Hall–Kier alpha value is -2.81. The van der Waals surface area contributed by atoms with Crippen LogP contribution in [0.3, 0.4) is 0 Å². The highest BCUT2D eigenvalue weighted by molar-refractivity contribution is 6.36. The first kappa shape index (κ1) is 21.7. The smallest absolute Gasteiger partial charge is 0.278 e. The van der Waals surface area contributed by atoms with Crippen LogP contribution in [-0.4, -0.2) is 50.0 Å². The lowest BCUT2D eigenvalue weighted by molar-refractivity contribution is -0.139. The molecule has 1 amide bonds. The van der Waals surface area contributed by atoms with Gasteiger partial charge < -0.3 is 18.6 Å². The number of fused-ring (bicyclic) bond motifs is 1. The molecular formula is C23H20Cl3N5O3. The van der Waals surface area contributed by atoms with Crippen molar-refractivity contribution in [1.29, 1.82) is 0 Å². The number of benzene rings is 1. The Bertz CT molecular complexity index is 1470. The molecule has 3 aromatic heterocycles. The molecule has 34 heavy (non-hydrogen) atoms. The Kier molecular flexibility index (Phi) is 5.59. The summed E-state index contributed by atoms with van der Waals surface area (Å²) in [6.07, 6.45) is 3.49. The third-order valence-electron chi connectivity index (χ3n) is 5.57. The monoisotopic (exact) mass is 520 g/mol. The van der Waals surface area contributed by atoms with Gasteiger partial charge in [-0.2, -0.15) is 4.98 Å². The second kappa shape index (κ2) is 8.76. The molecule has 11 heteroatoms. The second-order valence-corrected chi connectivity index (χ2v) is 9.54. The highest BCUT2D eigenvalue weighted by Gasteiger charge is 2.31. The van der Waals surface area contributed by atoms with Crippen LogP contribution >= 0.6 is 34.8 Å². The number of likely N-dealkylation sites (tertiary alicyclic amines) is 1. The van der Waals surface area contributed by atoms with Crippen LogP contribution in [0.5, 0.6) is 5.75 Å². The van der Waals surface area contributed by atoms with Crippen molar-refractivity contribution in [3.8, 4) is 28.7 Å². The number of aromatic nitrogens is 4. The summed E-state index contributed by atoms with van der Waals surface area (Å²) in [6.45, 7) is 3.86. The zero-order valence-corrected chi connectivity index (χ0v) is 20.7. The number of rotatable bonds is 4. The standard InChI is InChI=1S/C23H20Cl3N5O3/c1-11-4-17(26)21-27-18(10-31(21)8-11)22-28-20(29-34-22)14-6-16(25)19(7-15(14)24)33-13-5-12(2)23(32)30(3)9-13/h4,6-8,10,12-13H,5,9H2,1-3H3/t12?,13-/m1/s1/i12D. The summed E-state index contributed by atoms with van der Waals surface area (Å²) in [5, 5.41) is 5.14. The van der Waals surface area contributed by atoms with Gasteiger partial charge in [0.05, 0.1) is 21.6 Å². The van der Waals surface area contributed by atoms with Gasteiger partial charge in [0.15, 0.2) is 5.65 Å². The number of nitrogens with zero attached hydrogens (tertiary/aromatic N) is 5. The number of carbonyl (C=O) groups is 1. The summed E-state index contributed by atoms with van der Waals surface area (Å²) in [7, 11) is 1.65. The molecule has 0 bridgehead atoms. The molecule has 1 aliphatic rings. The lowest BCUT2D eigenvalue weighted by Crippen LogP contribution is -2.46. The van der Waals surface area contributed by atoms with Crippen molar-refractivity contribution in [3.63, 3.8) is 0 Å². The molecule has 0 aliphatic carbocycles. The molecule has 4 heterocycles. The number of piperidine rings is 1. The van der Waals surface area contributed by atoms with Gasteiger partial charge in [-0.1, -0.05) is 46.9 Å². The average molecular weight is 522 g/mol. The largest absolute Gasteiger partial charge is 0.487 e. The van der Waals surface area contributed by atoms with Gasteiger partial charge in [0.25, 0.3) is 5.89 Å². The van der Waals surface area contributed by atoms with E-state index >= 15 is 0 Å². The number of hydrogen-bond acceptors (Lipinski definition) is 6. The molecule has 4 aromatic rings. The topological polar surface area (TPSA) is 85.8 Å². The average Bonchev–Trinajstić information content (AvgIpc) is 3.41. The summed E-state index contributed by atoms with van der Waals surface area (Å²) >= 11 is 19.3. The third-order valence-corrected chi connectivity index (χ3v) is 6.45. The predicted octanol–water partition coefficient (Wildman–Crippen LogP) is 5.57. The number of halogens is 3. The fourth-order valence-corrected chi connectivity index (χ4v) is 4.74. The molecule has 1 fully saturated rings. The lowest BCUT2D eigenvalue weighted by atomic mass is 9.97. The minimum absolute atomic E-state index is 0.203. The Morgan fingerprint density at radius 2 is 1.94 bits per heavy atom. The number of aryl methyl sites for hydroxylation is 1. The molecular weight excluding hydrogens is 501 g/mol. The van der Waals surface area contributed by atoms with Crippen LogP contribution in [0.15, 0.2) is 35.1 Å². The van der Waals surface area contributed by atoms with E-state index in [1.54, 1.807) is 36.7 Å². The Labute approximate surface area is 211 Å². The van der Waals surface area contributed by atoms with Crippen LogP contribution in [0.1, 0.15) is 20.3 Å². The summed E-state index contributed by atoms with van der Waals surface area (Å²) < 4.78 is 21.5. The summed E-state index contributed by atoms with van der Waals surface area (Å²) in [4.78, 5) is 22.6. The Balaban J connectivity index is 1.41. The number of pyridine rings is 1. The fourth-order valence-electron chi connectivity index (χ4n) is 3.99. The molecule has 1 aliphatic heterocycles. The molecule has 1 unspecified atom stereocenters. The number of carbonyl (C=O) groups excluding carboxylic acids is 1. The number of imidazole rings is 1. The van der Waals surface area contributed by atoms with Crippen LogP contribution in [0.4, 0.5) is 0 Å². The van der Waals surface area contributed by atoms with Crippen LogP contribution < -0.4 is 4.74 Å². The van der Waals surface area contributed by atoms with E-state index in [-0.39, 0.29) is 29.1 Å². The maximum atomic E-state index is 12.2. The van der Waals surface area contributed by atoms with Crippen molar-refractivity contribution in [2.45, 2.75) is 26.4 Å². The second-order valence-electron chi connectivity index (χ2n) is 8.32. The van der Waals surface area contributed by atoms with Gasteiger partial charge in [-0.05, 0) is 31.0 Å². The van der Waals surface area contributed by atoms with E-state index in [1.165, 1.54) is 4.90 Å². The van der Waals surface area contributed by atoms with Crippen molar-refractivity contribution in [2.24, 2.45) is 5.89 Å². The highest BCUT2D eigenvalue weighted by Crippen LogP contribution is 2.37. The van der Waals surface area contributed by atoms with Crippen molar-refractivity contribution in [3.05, 3.63) is 51.2 Å². The van der Waals surface area contributed by atoms with E-state index in [9.17, 15) is 4.79 Å². The molecule has 5 rings (SSSR count). The minimum atomic E-state index is -1.27. The van der Waals surface area contributed by atoms with E-state index in [4.69, 9.17) is 45.4 Å². The zero-order valence-electron chi connectivity index (χ0n) is 19.5. The molecule has 1 aromatic carbocycles. The highest BCUT2D eigenvalue weighted by atomic mass is 35.5. The number of hydrogen-bond donors (Lipinski definition) is 0. The maximum absolute atomic E-state index is 12.2. The molecule has 176 valence electrons. The molecule has 0 radical (unpaired) electrons. The molecule has 0 N–H and O–H groups in total. The Morgan fingerprint density at radius 3 is 2.71 bits per heavy atom. The summed E-state index contributed by atoms with van der Waals surface area (Å²) in [5.41, 5.74) is 2.49. The van der Waals surface area contributed by atoms with E-state index in [2.05, 4.69) is 15.1 Å². The molecule has 0 spiro atoms. The van der Waals surface area contributed by atoms with E-state index in [0.717, 1.165) is 5.56 Å². The molecule has 1 saturated heterocycles. The lowest BCUT2D eigenvalue weighted by Gasteiger charge is -2.33. The van der Waals surface area contributed by atoms with Gasteiger partial charge in [-0.25, -0.2) is 4.98 Å². The predicted molar refractivity (Wildman–Crippen MR) is 130 cm³/mol. The maximum Gasteiger partial charge on any atom is 0.278 e. The first-order valence-electron chi connectivity index (χ1n) is 10.9. The number of likely N-dealkylation sites (N-methyl/N-ethyl adjacent to an activating group) is 1. The Morgan fingerprint density at radius 1 is 1.15 bits per heavy atom. The number of ether oxygens (including phenoxy) is 1. The van der Waals surface area contributed by atoms with Gasteiger partial charge >= 0.3 is 0 Å². The number of amides is 1.